The van der Waals surface area contributed by atoms with E-state index in [2.05, 4.69) is 21.3 Å². The fraction of sp³-hybridized carbons (Fsp3) is 0.286. The van der Waals surface area contributed by atoms with Gasteiger partial charge in [-0.05, 0) is 60.4 Å². The van der Waals surface area contributed by atoms with Crippen LogP contribution >= 0.6 is 0 Å². The summed E-state index contributed by atoms with van der Waals surface area (Å²) in [5, 5.41) is 4.23. The third kappa shape index (κ3) is 2.95. The van der Waals surface area contributed by atoms with Gasteiger partial charge in [0.2, 0.25) is 9.84 Å². The molecule has 2 aliphatic heterocycles. The first-order chi connectivity index (χ1) is 13.5. The molecular formula is C21H20FN3O2S. The molecule has 1 aromatic heterocycles. The number of pyridine rings is 1. The fourth-order valence-electron chi connectivity index (χ4n) is 4.26. The summed E-state index contributed by atoms with van der Waals surface area (Å²) in [7, 11) is -3.74. The molecule has 2 saturated heterocycles. The standard InChI is InChI=1S/C21H20FN3O2S/c22-17-1-4-19(5-2-17)28(26,27)20-8-14-7-18(3-6-21(14)24-11-20)25-12-15-9-23-10-16(15)13-25/h1-8,11,15-16,23H,9-10,12-13H2. The van der Waals surface area contributed by atoms with Crippen molar-refractivity contribution in [2.24, 2.45) is 11.8 Å². The van der Waals surface area contributed by atoms with Crippen molar-refractivity contribution < 1.29 is 12.8 Å². The first-order valence-corrected chi connectivity index (χ1v) is 10.9. The minimum atomic E-state index is -3.74. The molecule has 2 aromatic carbocycles. The van der Waals surface area contributed by atoms with Crippen LogP contribution in [0, 0.1) is 17.7 Å². The van der Waals surface area contributed by atoms with E-state index in [0.29, 0.717) is 11.8 Å². The lowest BCUT2D eigenvalue weighted by Crippen LogP contribution is -2.25. The van der Waals surface area contributed by atoms with Crippen LogP contribution in [0.1, 0.15) is 0 Å². The lowest BCUT2D eigenvalue weighted by Gasteiger charge is -2.20. The smallest absolute Gasteiger partial charge is 0.208 e. The van der Waals surface area contributed by atoms with Gasteiger partial charge in [0.1, 0.15) is 5.82 Å². The number of fused-ring (bicyclic) bond motifs is 2. The highest BCUT2D eigenvalue weighted by atomic mass is 32.2. The van der Waals surface area contributed by atoms with Crippen LogP contribution in [0.4, 0.5) is 10.1 Å². The van der Waals surface area contributed by atoms with E-state index in [1.807, 2.05) is 12.1 Å². The molecule has 3 aromatic rings. The van der Waals surface area contributed by atoms with Gasteiger partial charge in [0.25, 0.3) is 0 Å². The monoisotopic (exact) mass is 397 g/mol. The van der Waals surface area contributed by atoms with Gasteiger partial charge in [-0.15, -0.1) is 0 Å². The number of nitrogens with one attached hydrogen (secondary N) is 1. The Morgan fingerprint density at radius 1 is 0.964 bits per heavy atom. The maximum Gasteiger partial charge on any atom is 0.208 e. The molecule has 5 rings (SSSR count). The van der Waals surface area contributed by atoms with Gasteiger partial charge in [0.15, 0.2) is 0 Å². The Bertz CT molecular complexity index is 1140. The van der Waals surface area contributed by atoms with Crippen molar-refractivity contribution in [1.82, 2.24) is 10.3 Å². The highest BCUT2D eigenvalue weighted by molar-refractivity contribution is 7.91. The number of sulfone groups is 1. The van der Waals surface area contributed by atoms with Gasteiger partial charge in [-0.2, -0.15) is 0 Å². The van der Waals surface area contributed by atoms with Gasteiger partial charge in [0.05, 0.1) is 15.3 Å². The van der Waals surface area contributed by atoms with Crippen LogP contribution in [0.3, 0.4) is 0 Å². The zero-order chi connectivity index (χ0) is 19.3. The van der Waals surface area contributed by atoms with E-state index in [4.69, 9.17) is 0 Å². The number of hydrogen-bond donors (Lipinski definition) is 1. The van der Waals surface area contributed by atoms with E-state index in [1.54, 1.807) is 6.07 Å². The quantitative estimate of drug-likeness (QED) is 0.689. The molecule has 28 heavy (non-hydrogen) atoms. The van der Waals surface area contributed by atoms with Crippen molar-refractivity contribution in [1.29, 1.82) is 0 Å². The predicted octanol–water partition coefficient (Wildman–Crippen LogP) is 2.86. The Morgan fingerprint density at radius 2 is 1.68 bits per heavy atom. The molecule has 0 radical (unpaired) electrons. The molecule has 0 amide bonds. The van der Waals surface area contributed by atoms with E-state index in [-0.39, 0.29) is 9.79 Å². The van der Waals surface area contributed by atoms with Crippen molar-refractivity contribution in [3.63, 3.8) is 0 Å². The summed E-state index contributed by atoms with van der Waals surface area (Å²) in [6, 6.07) is 12.5. The average molecular weight is 397 g/mol. The van der Waals surface area contributed by atoms with Crippen LogP contribution in [0.2, 0.25) is 0 Å². The van der Waals surface area contributed by atoms with Crippen LogP contribution in [-0.2, 0) is 9.84 Å². The van der Waals surface area contributed by atoms with E-state index >= 15 is 0 Å². The van der Waals surface area contributed by atoms with Crippen LogP contribution < -0.4 is 10.2 Å². The topological polar surface area (TPSA) is 62.3 Å². The Labute approximate surface area is 163 Å². The molecule has 3 heterocycles. The van der Waals surface area contributed by atoms with Crippen molar-refractivity contribution >= 4 is 26.4 Å². The number of anilines is 1. The van der Waals surface area contributed by atoms with Crippen molar-refractivity contribution in [2.75, 3.05) is 31.1 Å². The molecule has 2 fully saturated rings. The zero-order valence-corrected chi connectivity index (χ0v) is 16.0. The molecule has 0 spiro atoms. The third-order valence-corrected chi connectivity index (χ3v) is 7.57. The van der Waals surface area contributed by atoms with Crippen LogP contribution in [0.25, 0.3) is 10.9 Å². The number of hydrogen-bond acceptors (Lipinski definition) is 5. The SMILES string of the molecule is O=S(=O)(c1ccc(F)cc1)c1cnc2ccc(N3CC4CNCC4C3)cc2c1. The Balaban J connectivity index is 1.50. The molecule has 2 aliphatic rings. The van der Waals surface area contributed by atoms with Crippen LogP contribution in [0.5, 0.6) is 0 Å². The fourth-order valence-corrected chi connectivity index (χ4v) is 5.50. The van der Waals surface area contributed by atoms with Gasteiger partial charge in [-0.25, -0.2) is 12.8 Å². The summed E-state index contributed by atoms with van der Waals surface area (Å²) >= 11 is 0. The minimum Gasteiger partial charge on any atom is -0.371 e. The van der Waals surface area contributed by atoms with Crippen molar-refractivity contribution in [3.05, 3.63) is 60.5 Å². The maximum absolute atomic E-state index is 13.1. The van der Waals surface area contributed by atoms with Crippen LogP contribution in [0.15, 0.2) is 64.5 Å². The van der Waals surface area contributed by atoms with E-state index in [9.17, 15) is 12.8 Å². The minimum absolute atomic E-state index is 0.0612. The summed E-state index contributed by atoms with van der Waals surface area (Å²) in [5.41, 5.74) is 1.85. The molecular weight excluding hydrogens is 377 g/mol. The number of rotatable bonds is 3. The van der Waals surface area contributed by atoms with Gasteiger partial charge >= 0.3 is 0 Å². The van der Waals surface area contributed by atoms with Crippen molar-refractivity contribution in [3.8, 4) is 0 Å². The summed E-state index contributed by atoms with van der Waals surface area (Å²) in [5.74, 6) is 0.892. The Hall–Kier alpha value is -2.51. The molecule has 144 valence electrons. The molecule has 0 bridgehead atoms. The summed E-state index contributed by atoms with van der Waals surface area (Å²) in [4.78, 5) is 6.88. The van der Waals surface area contributed by atoms with E-state index in [0.717, 1.165) is 54.9 Å². The Morgan fingerprint density at radius 3 is 2.39 bits per heavy atom. The first kappa shape index (κ1) is 17.6. The molecule has 0 saturated carbocycles. The summed E-state index contributed by atoms with van der Waals surface area (Å²) in [6.45, 7) is 4.17. The second kappa shape index (κ2) is 6.53. The molecule has 7 heteroatoms. The molecule has 1 N–H and O–H groups in total. The van der Waals surface area contributed by atoms with Gasteiger partial charge in [-0.1, -0.05) is 0 Å². The number of benzene rings is 2. The normalized spacial score (nSPS) is 22.0. The number of nitrogens with zero attached hydrogens (tertiary/aromatic N) is 2. The Kier molecular flexibility index (Phi) is 4.10. The number of aromatic nitrogens is 1. The number of halogens is 1. The molecule has 2 atom stereocenters. The molecule has 2 unspecified atom stereocenters. The largest absolute Gasteiger partial charge is 0.371 e. The zero-order valence-electron chi connectivity index (χ0n) is 15.2. The van der Waals surface area contributed by atoms with E-state index < -0.39 is 15.7 Å². The predicted molar refractivity (Wildman–Crippen MR) is 106 cm³/mol. The first-order valence-electron chi connectivity index (χ1n) is 9.37. The van der Waals surface area contributed by atoms with Gasteiger partial charge in [-0.3, -0.25) is 4.98 Å². The highest BCUT2D eigenvalue weighted by Gasteiger charge is 2.36. The molecule has 0 aliphatic carbocycles. The van der Waals surface area contributed by atoms with Gasteiger partial charge < -0.3 is 10.2 Å². The summed E-state index contributed by atoms with van der Waals surface area (Å²) in [6.07, 6.45) is 1.37. The van der Waals surface area contributed by atoms with Crippen molar-refractivity contribution in [2.45, 2.75) is 9.79 Å². The second-order valence-corrected chi connectivity index (χ2v) is 9.54. The summed E-state index contributed by atoms with van der Waals surface area (Å²) < 4.78 is 38.9. The lowest BCUT2D eigenvalue weighted by molar-refractivity contribution is 0.533. The average Bonchev–Trinajstić information content (AvgIpc) is 3.30. The van der Waals surface area contributed by atoms with Gasteiger partial charge in [0, 0.05) is 43.4 Å². The maximum atomic E-state index is 13.1. The van der Waals surface area contributed by atoms with E-state index in [1.165, 1.54) is 18.3 Å². The van der Waals surface area contributed by atoms with Crippen LogP contribution in [-0.4, -0.2) is 39.6 Å². The highest BCUT2D eigenvalue weighted by Crippen LogP contribution is 2.32. The lowest BCUT2D eigenvalue weighted by atomic mass is 10.0. The molecule has 5 nitrogen and oxygen atoms in total. The second-order valence-electron chi connectivity index (χ2n) is 7.59. The third-order valence-electron chi connectivity index (χ3n) is 5.83.